The molecule has 0 N–H and O–H groups in total. The van der Waals surface area contributed by atoms with E-state index in [0.717, 1.165) is 5.56 Å². The second-order valence-electron chi connectivity index (χ2n) is 3.93. The Labute approximate surface area is 89.0 Å². The first-order chi connectivity index (χ1) is 7.00. The van der Waals surface area contributed by atoms with Crippen LogP contribution < -0.4 is 4.74 Å². The summed E-state index contributed by atoms with van der Waals surface area (Å²) in [6.07, 6.45) is 0. The second-order valence-corrected chi connectivity index (χ2v) is 3.93. The maximum absolute atomic E-state index is 10.7. The number of aryl methyl sites for hydroxylation is 1. The smallest absolute Gasteiger partial charge is 0.310 e. The highest BCUT2D eigenvalue weighted by atomic mass is 16.6. The molecule has 0 aliphatic heterocycles. The highest BCUT2D eigenvalue weighted by Crippen LogP contribution is 2.27. The largest absolute Gasteiger partial charge is 0.487 e. The van der Waals surface area contributed by atoms with E-state index in [0.29, 0.717) is 18.3 Å². The number of nitrogens with zero attached hydrogens (tertiary/aromatic N) is 1. The molecule has 1 aromatic rings. The van der Waals surface area contributed by atoms with Crippen molar-refractivity contribution < 1.29 is 9.66 Å². The van der Waals surface area contributed by atoms with Crippen molar-refractivity contribution in [1.82, 2.24) is 0 Å². The number of nitro groups is 1. The molecule has 0 aromatic heterocycles. The van der Waals surface area contributed by atoms with Gasteiger partial charge in [-0.3, -0.25) is 10.1 Å². The van der Waals surface area contributed by atoms with Crippen LogP contribution in [0.15, 0.2) is 18.2 Å². The molecule has 0 radical (unpaired) electrons. The van der Waals surface area contributed by atoms with Crippen molar-refractivity contribution in [2.75, 3.05) is 6.61 Å². The quantitative estimate of drug-likeness (QED) is 0.566. The number of rotatable bonds is 4. The first-order valence-electron chi connectivity index (χ1n) is 4.88. The zero-order chi connectivity index (χ0) is 11.4. The van der Waals surface area contributed by atoms with Gasteiger partial charge >= 0.3 is 5.69 Å². The monoisotopic (exact) mass is 209 g/mol. The van der Waals surface area contributed by atoms with Crippen LogP contribution in [-0.2, 0) is 0 Å². The van der Waals surface area contributed by atoms with Crippen LogP contribution in [-0.4, -0.2) is 11.5 Å². The zero-order valence-electron chi connectivity index (χ0n) is 9.19. The molecule has 15 heavy (non-hydrogen) atoms. The first kappa shape index (κ1) is 11.5. The molecular weight excluding hydrogens is 194 g/mol. The van der Waals surface area contributed by atoms with Gasteiger partial charge in [-0.15, -0.1) is 0 Å². The summed E-state index contributed by atoms with van der Waals surface area (Å²) in [5.74, 6) is 0.707. The van der Waals surface area contributed by atoms with Crippen molar-refractivity contribution in [2.45, 2.75) is 20.8 Å². The van der Waals surface area contributed by atoms with Gasteiger partial charge in [0.25, 0.3) is 0 Å². The van der Waals surface area contributed by atoms with E-state index < -0.39 is 4.92 Å². The van der Waals surface area contributed by atoms with Gasteiger partial charge in [0.15, 0.2) is 5.75 Å². The van der Waals surface area contributed by atoms with Crippen LogP contribution in [0.3, 0.4) is 0 Å². The summed E-state index contributed by atoms with van der Waals surface area (Å²) in [4.78, 5) is 10.3. The number of hydrogen-bond donors (Lipinski definition) is 0. The van der Waals surface area contributed by atoms with Gasteiger partial charge in [0.1, 0.15) is 0 Å². The van der Waals surface area contributed by atoms with Gasteiger partial charge in [-0.1, -0.05) is 19.9 Å². The normalized spacial score (nSPS) is 10.4. The molecule has 0 atom stereocenters. The molecule has 0 saturated heterocycles. The lowest BCUT2D eigenvalue weighted by molar-refractivity contribution is -0.385. The Balaban J connectivity index is 2.92. The van der Waals surface area contributed by atoms with Crippen molar-refractivity contribution in [3.05, 3.63) is 33.9 Å². The van der Waals surface area contributed by atoms with Crippen molar-refractivity contribution in [2.24, 2.45) is 5.92 Å². The predicted molar refractivity (Wildman–Crippen MR) is 58.2 cm³/mol. The summed E-state index contributed by atoms with van der Waals surface area (Å²) in [7, 11) is 0. The minimum Gasteiger partial charge on any atom is -0.487 e. The van der Waals surface area contributed by atoms with E-state index in [9.17, 15) is 10.1 Å². The van der Waals surface area contributed by atoms with E-state index in [4.69, 9.17) is 4.74 Å². The molecular formula is C11H15NO3. The van der Waals surface area contributed by atoms with E-state index in [2.05, 4.69) is 0 Å². The van der Waals surface area contributed by atoms with Crippen molar-refractivity contribution in [1.29, 1.82) is 0 Å². The van der Waals surface area contributed by atoms with E-state index in [1.807, 2.05) is 20.8 Å². The Bertz CT molecular complexity index is 361. The minimum absolute atomic E-state index is 0.0289. The van der Waals surface area contributed by atoms with E-state index in [1.165, 1.54) is 6.07 Å². The third-order valence-corrected chi connectivity index (χ3v) is 1.88. The maximum Gasteiger partial charge on any atom is 0.310 e. The summed E-state index contributed by atoms with van der Waals surface area (Å²) >= 11 is 0. The minimum atomic E-state index is -0.422. The molecule has 4 heteroatoms. The SMILES string of the molecule is Cc1ccc([N+](=O)[O-])c(OCC(C)C)c1. The summed E-state index contributed by atoms with van der Waals surface area (Å²) < 4.78 is 5.40. The van der Waals surface area contributed by atoms with Gasteiger partial charge < -0.3 is 4.74 Å². The molecule has 1 rings (SSSR count). The van der Waals surface area contributed by atoms with Crippen molar-refractivity contribution in [3.8, 4) is 5.75 Å². The molecule has 82 valence electrons. The van der Waals surface area contributed by atoms with E-state index in [1.54, 1.807) is 12.1 Å². The number of nitro benzene ring substituents is 1. The molecule has 0 heterocycles. The Morgan fingerprint density at radius 2 is 2.13 bits per heavy atom. The van der Waals surface area contributed by atoms with E-state index in [-0.39, 0.29) is 5.69 Å². The molecule has 0 aliphatic rings. The fraction of sp³-hybridized carbons (Fsp3) is 0.455. The van der Waals surface area contributed by atoms with Crippen LogP contribution in [0.2, 0.25) is 0 Å². The fourth-order valence-corrected chi connectivity index (χ4v) is 1.14. The molecule has 1 aromatic carbocycles. The topological polar surface area (TPSA) is 52.4 Å². The third kappa shape index (κ3) is 3.23. The average molecular weight is 209 g/mol. The lowest BCUT2D eigenvalue weighted by Crippen LogP contribution is -2.06. The van der Waals surface area contributed by atoms with Crippen LogP contribution in [0.4, 0.5) is 5.69 Å². The summed E-state index contributed by atoms with van der Waals surface area (Å²) in [6.45, 7) is 6.37. The summed E-state index contributed by atoms with van der Waals surface area (Å²) in [6, 6.07) is 4.88. The molecule has 0 saturated carbocycles. The highest BCUT2D eigenvalue weighted by Gasteiger charge is 2.14. The van der Waals surface area contributed by atoms with Crippen LogP contribution in [0.25, 0.3) is 0 Å². The maximum atomic E-state index is 10.7. The third-order valence-electron chi connectivity index (χ3n) is 1.88. The average Bonchev–Trinajstić information content (AvgIpc) is 2.14. The molecule has 0 fully saturated rings. The number of benzene rings is 1. The molecule has 0 aliphatic carbocycles. The molecule has 4 nitrogen and oxygen atoms in total. The zero-order valence-corrected chi connectivity index (χ0v) is 9.19. The van der Waals surface area contributed by atoms with Crippen LogP contribution in [0.5, 0.6) is 5.75 Å². The molecule has 0 spiro atoms. The molecule has 0 bridgehead atoms. The second kappa shape index (κ2) is 4.77. The van der Waals surface area contributed by atoms with Crippen LogP contribution >= 0.6 is 0 Å². The highest BCUT2D eigenvalue weighted by molar-refractivity contribution is 5.48. The Morgan fingerprint density at radius 1 is 1.47 bits per heavy atom. The Hall–Kier alpha value is -1.58. The van der Waals surface area contributed by atoms with Crippen LogP contribution in [0, 0.1) is 23.0 Å². The number of hydrogen-bond acceptors (Lipinski definition) is 3. The van der Waals surface area contributed by atoms with Gasteiger partial charge in [-0.2, -0.15) is 0 Å². The molecule has 0 amide bonds. The van der Waals surface area contributed by atoms with Crippen LogP contribution in [0.1, 0.15) is 19.4 Å². The van der Waals surface area contributed by atoms with Gasteiger partial charge in [-0.25, -0.2) is 0 Å². The van der Waals surface area contributed by atoms with Crippen molar-refractivity contribution in [3.63, 3.8) is 0 Å². The summed E-state index contributed by atoms with van der Waals surface area (Å²) in [5.41, 5.74) is 0.987. The predicted octanol–water partition coefficient (Wildman–Crippen LogP) is 2.94. The lowest BCUT2D eigenvalue weighted by atomic mass is 10.2. The first-order valence-corrected chi connectivity index (χ1v) is 4.88. The standard InChI is InChI=1S/C11H15NO3/c1-8(2)7-15-11-6-9(3)4-5-10(11)12(13)14/h4-6,8H,7H2,1-3H3. The fourth-order valence-electron chi connectivity index (χ4n) is 1.14. The van der Waals surface area contributed by atoms with Gasteiger partial charge in [0, 0.05) is 6.07 Å². The van der Waals surface area contributed by atoms with Gasteiger partial charge in [0.05, 0.1) is 11.5 Å². The Morgan fingerprint density at radius 3 is 2.67 bits per heavy atom. The van der Waals surface area contributed by atoms with Crippen molar-refractivity contribution >= 4 is 5.69 Å². The Kier molecular flexibility index (Phi) is 3.66. The van der Waals surface area contributed by atoms with Gasteiger partial charge in [0.2, 0.25) is 0 Å². The number of ether oxygens (including phenoxy) is 1. The summed E-state index contributed by atoms with van der Waals surface area (Å²) in [5, 5.41) is 10.7. The van der Waals surface area contributed by atoms with E-state index >= 15 is 0 Å². The lowest BCUT2D eigenvalue weighted by Gasteiger charge is -2.09. The van der Waals surface area contributed by atoms with Gasteiger partial charge in [-0.05, 0) is 24.5 Å². The molecule has 0 unspecified atom stereocenters.